The van der Waals surface area contributed by atoms with E-state index in [1.165, 1.54) is 0 Å². The highest BCUT2D eigenvalue weighted by Gasteiger charge is 2.27. The Morgan fingerprint density at radius 1 is 1.24 bits per heavy atom. The summed E-state index contributed by atoms with van der Waals surface area (Å²) in [5.41, 5.74) is 7.56. The van der Waals surface area contributed by atoms with Crippen LogP contribution >= 0.6 is 0 Å². The third-order valence-electron chi connectivity index (χ3n) is 4.56. The first-order chi connectivity index (χ1) is 12.3. The number of aromatic nitrogens is 1. The Labute approximate surface area is 148 Å². The monoisotopic (exact) mass is 339 g/mol. The van der Waals surface area contributed by atoms with Gasteiger partial charge in [0, 0.05) is 25.5 Å². The van der Waals surface area contributed by atoms with E-state index in [1.54, 1.807) is 6.20 Å². The van der Waals surface area contributed by atoms with E-state index in [0.717, 1.165) is 42.7 Å². The number of nitrogens with zero attached hydrogens (tertiary/aromatic N) is 2. The largest absolute Gasteiger partial charge is 0.492 e. The molecule has 1 saturated heterocycles. The van der Waals surface area contributed by atoms with Crippen molar-refractivity contribution in [1.29, 1.82) is 0 Å². The fourth-order valence-electron chi connectivity index (χ4n) is 3.31. The molecular formula is C20H25N3O2. The normalized spacial score (nSPS) is 17.3. The van der Waals surface area contributed by atoms with Crippen LogP contribution in [0.3, 0.4) is 0 Å². The number of benzene rings is 1. The molecule has 1 aliphatic rings. The van der Waals surface area contributed by atoms with Gasteiger partial charge in [-0.25, -0.2) is 0 Å². The molecular weight excluding hydrogens is 314 g/mol. The highest BCUT2D eigenvalue weighted by Crippen LogP contribution is 2.31. The summed E-state index contributed by atoms with van der Waals surface area (Å²) >= 11 is 0. The number of piperidine rings is 1. The summed E-state index contributed by atoms with van der Waals surface area (Å²) in [5, 5.41) is 0. The van der Waals surface area contributed by atoms with Crippen LogP contribution in [-0.4, -0.2) is 35.5 Å². The molecule has 1 aliphatic heterocycles. The summed E-state index contributed by atoms with van der Waals surface area (Å²) in [4.78, 5) is 19.1. The van der Waals surface area contributed by atoms with Crippen LogP contribution in [0.15, 0.2) is 48.8 Å². The molecule has 2 heterocycles. The molecule has 2 N–H and O–H groups in total. The van der Waals surface area contributed by atoms with Crippen molar-refractivity contribution in [2.45, 2.75) is 31.7 Å². The van der Waals surface area contributed by atoms with Crippen LogP contribution in [0, 0.1) is 0 Å². The minimum atomic E-state index is 0.141. The topological polar surface area (TPSA) is 68.5 Å². The van der Waals surface area contributed by atoms with Gasteiger partial charge < -0.3 is 15.4 Å². The Morgan fingerprint density at radius 2 is 2.08 bits per heavy atom. The molecule has 132 valence electrons. The smallest absolute Gasteiger partial charge is 0.227 e. The fraction of sp³-hybridized carbons (Fsp3) is 0.400. The summed E-state index contributed by atoms with van der Waals surface area (Å²) in [6, 6.07) is 11.8. The van der Waals surface area contributed by atoms with Crippen molar-refractivity contribution in [3.05, 3.63) is 59.9 Å². The van der Waals surface area contributed by atoms with Gasteiger partial charge in [0.25, 0.3) is 0 Å². The molecule has 1 amide bonds. The zero-order valence-electron chi connectivity index (χ0n) is 14.4. The molecule has 25 heavy (non-hydrogen) atoms. The number of nitrogens with two attached hydrogens (primary N) is 1. The molecule has 0 unspecified atom stereocenters. The fourth-order valence-corrected chi connectivity index (χ4v) is 3.31. The lowest BCUT2D eigenvalue weighted by atomic mass is 9.95. The highest BCUT2D eigenvalue weighted by molar-refractivity contribution is 5.79. The minimum Gasteiger partial charge on any atom is -0.492 e. The zero-order chi connectivity index (χ0) is 17.5. The van der Waals surface area contributed by atoms with Gasteiger partial charge in [-0.15, -0.1) is 0 Å². The lowest BCUT2D eigenvalue weighted by Gasteiger charge is -2.36. The van der Waals surface area contributed by atoms with Crippen LogP contribution in [0.2, 0.25) is 0 Å². The van der Waals surface area contributed by atoms with Crippen LogP contribution < -0.4 is 10.5 Å². The predicted molar refractivity (Wildman–Crippen MR) is 97.2 cm³/mol. The van der Waals surface area contributed by atoms with E-state index in [0.29, 0.717) is 19.6 Å². The first-order valence-electron chi connectivity index (χ1n) is 8.89. The maximum atomic E-state index is 12.9. The van der Waals surface area contributed by atoms with Crippen molar-refractivity contribution < 1.29 is 9.53 Å². The van der Waals surface area contributed by atoms with Gasteiger partial charge in [0.05, 0.1) is 12.5 Å². The van der Waals surface area contributed by atoms with Crippen molar-refractivity contribution >= 4 is 5.91 Å². The Kier molecular flexibility index (Phi) is 6.01. The van der Waals surface area contributed by atoms with Crippen molar-refractivity contribution in [3.63, 3.8) is 0 Å². The number of carbonyl (C=O) groups is 1. The van der Waals surface area contributed by atoms with E-state index in [2.05, 4.69) is 11.1 Å². The van der Waals surface area contributed by atoms with Gasteiger partial charge in [0.2, 0.25) is 5.91 Å². The summed E-state index contributed by atoms with van der Waals surface area (Å²) < 4.78 is 5.48. The molecule has 0 saturated carbocycles. The van der Waals surface area contributed by atoms with Gasteiger partial charge >= 0.3 is 0 Å². The molecule has 0 aliphatic carbocycles. The quantitative estimate of drug-likeness (QED) is 0.878. The van der Waals surface area contributed by atoms with E-state index in [1.807, 2.05) is 41.4 Å². The number of likely N-dealkylation sites (tertiary alicyclic amines) is 1. The van der Waals surface area contributed by atoms with Gasteiger partial charge in [-0.2, -0.15) is 0 Å². The molecule has 3 rings (SSSR count). The molecule has 5 heteroatoms. The molecule has 2 aromatic rings. The third-order valence-corrected chi connectivity index (χ3v) is 4.56. The predicted octanol–water partition coefficient (Wildman–Crippen LogP) is 2.72. The van der Waals surface area contributed by atoms with Crippen molar-refractivity contribution in [2.24, 2.45) is 5.73 Å². The van der Waals surface area contributed by atoms with Gasteiger partial charge in [0.15, 0.2) is 0 Å². The van der Waals surface area contributed by atoms with Crippen LogP contribution in [-0.2, 0) is 11.2 Å². The zero-order valence-corrected chi connectivity index (χ0v) is 14.4. The average molecular weight is 339 g/mol. The average Bonchev–Trinajstić information content (AvgIpc) is 2.68. The van der Waals surface area contributed by atoms with E-state index < -0.39 is 0 Å². The summed E-state index contributed by atoms with van der Waals surface area (Å²) in [6.45, 7) is 1.81. The SMILES string of the molecule is NCCOc1ccc(CC(=O)N2CCCC[C@@H]2c2cccnc2)cc1. The third kappa shape index (κ3) is 4.57. The molecule has 0 radical (unpaired) electrons. The van der Waals surface area contributed by atoms with E-state index in [4.69, 9.17) is 10.5 Å². The maximum Gasteiger partial charge on any atom is 0.227 e. The van der Waals surface area contributed by atoms with Crippen LogP contribution in [0.1, 0.15) is 36.4 Å². The van der Waals surface area contributed by atoms with Crippen LogP contribution in [0.25, 0.3) is 0 Å². The number of amides is 1. The molecule has 1 atom stereocenters. The standard InChI is InChI=1S/C20H25N3O2/c21-10-13-25-18-8-6-16(7-9-18)14-20(24)23-12-2-1-5-19(23)17-4-3-11-22-15-17/h3-4,6-9,11,15,19H,1-2,5,10,12-14,21H2/t19-/m1/s1. The van der Waals surface area contributed by atoms with Crippen molar-refractivity contribution in [3.8, 4) is 5.75 Å². The Balaban J connectivity index is 1.66. The molecule has 0 spiro atoms. The number of ether oxygens (including phenoxy) is 1. The lowest BCUT2D eigenvalue weighted by molar-refractivity contribution is -0.134. The molecule has 1 fully saturated rings. The van der Waals surface area contributed by atoms with Crippen molar-refractivity contribution in [2.75, 3.05) is 19.7 Å². The second kappa shape index (κ2) is 8.62. The van der Waals surface area contributed by atoms with Crippen molar-refractivity contribution in [1.82, 2.24) is 9.88 Å². The Morgan fingerprint density at radius 3 is 2.80 bits per heavy atom. The van der Waals surface area contributed by atoms with Gasteiger partial charge in [-0.05, 0) is 48.6 Å². The second-order valence-corrected chi connectivity index (χ2v) is 6.34. The highest BCUT2D eigenvalue weighted by atomic mass is 16.5. The van der Waals surface area contributed by atoms with Gasteiger partial charge in [0.1, 0.15) is 12.4 Å². The second-order valence-electron chi connectivity index (χ2n) is 6.34. The molecule has 1 aromatic carbocycles. The molecule has 1 aromatic heterocycles. The number of rotatable bonds is 6. The van der Waals surface area contributed by atoms with Gasteiger partial charge in [-0.3, -0.25) is 9.78 Å². The minimum absolute atomic E-state index is 0.141. The summed E-state index contributed by atoms with van der Waals surface area (Å²) in [5.74, 6) is 0.956. The van der Waals surface area contributed by atoms with Crippen LogP contribution in [0.5, 0.6) is 5.75 Å². The van der Waals surface area contributed by atoms with Gasteiger partial charge in [-0.1, -0.05) is 18.2 Å². The summed E-state index contributed by atoms with van der Waals surface area (Å²) in [6.07, 6.45) is 7.27. The van der Waals surface area contributed by atoms with E-state index in [-0.39, 0.29) is 11.9 Å². The molecule has 5 nitrogen and oxygen atoms in total. The Bertz CT molecular complexity index is 673. The van der Waals surface area contributed by atoms with E-state index >= 15 is 0 Å². The number of hydrogen-bond acceptors (Lipinski definition) is 4. The lowest BCUT2D eigenvalue weighted by Crippen LogP contribution is -2.39. The number of pyridine rings is 1. The van der Waals surface area contributed by atoms with Crippen LogP contribution in [0.4, 0.5) is 0 Å². The Hall–Kier alpha value is -2.40. The maximum absolute atomic E-state index is 12.9. The van der Waals surface area contributed by atoms with E-state index in [9.17, 15) is 4.79 Å². The number of carbonyl (C=O) groups excluding carboxylic acids is 1. The first kappa shape index (κ1) is 17.4. The summed E-state index contributed by atoms with van der Waals surface area (Å²) in [7, 11) is 0. The first-order valence-corrected chi connectivity index (χ1v) is 8.89. The molecule has 0 bridgehead atoms. The number of hydrogen-bond donors (Lipinski definition) is 1.